The van der Waals surface area contributed by atoms with Crippen molar-refractivity contribution in [1.29, 1.82) is 0 Å². The van der Waals surface area contributed by atoms with Crippen molar-refractivity contribution in [3.05, 3.63) is 71.3 Å². The first-order valence-corrected chi connectivity index (χ1v) is 11.3. The van der Waals surface area contributed by atoms with Gasteiger partial charge in [0.05, 0.1) is 32.5 Å². The highest BCUT2D eigenvalue weighted by Gasteiger charge is 2.13. The van der Waals surface area contributed by atoms with Crippen molar-refractivity contribution >= 4 is 23.3 Å². The van der Waals surface area contributed by atoms with Gasteiger partial charge in [0.2, 0.25) is 0 Å². The number of fused-ring (bicyclic) bond motifs is 1. The molecule has 1 fully saturated rings. The Balaban J connectivity index is 0.00000274. The summed E-state index contributed by atoms with van der Waals surface area (Å²) in [6.07, 6.45) is 6.27. The third-order valence-electron chi connectivity index (χ3n) is 6.37. The molecule has 34 heavy (non-hydrogen) atoms. The Kier molecular flexibility index (Phi) is 7.24. The van der Waals surface area contributed by atoms with Gasteiger partial charge in [-0.3, -0.25) is 14.0 Å². The second-order valence-electron chi connectivity index (χ2n) is 8.35. The number of pyridine rings is 1. The molecule has 0 bridgehead atoms. The second-order valence-corrected chi connectivity index (χ2v) is 8.35. The van der Waals surface area contributed by atoms with Crippen LogP contribution in [0.3, 0.4) is 0 Å². The molecular formula is C26H29ClN4O3. The fourth-order valence-corrected chi connectivity index (χ4v) is 4.54. The summed E-state index contributed by atoms with van der Waals surface area (Å²) in [6, 6.07) is 15.2. The summed E-state index contributed by atoms with van der Waals surface area (Å²) in [6.45, 7) is 4.27. The van der Waals surface area contributed by atoms with Gasteiger partial charge in [0.25, 0.3) is 5.56 Å². The molecule has 0 saturated carbocycles. The van der Waals surface area contributed by atoms with E-state index in [9.17, 15) is 4.79 Å². The van der Waals surface area contributed by atoms with Crippen molar-refractivity contribution in [2.45, 2.75) is 19.4 Å². The average molecular weight is 481 g/mol. The molecule has 0 atom stereocenters. The van der Waals surface area contributed by atoms with Crippen LogP contribution in [0.4, 0.5) is 0 Å². The summed E-state index contributed by atoms with van der Waals surface area (Å²) in [5.74, 6) is 1.37. The standard InChI is InChI=1S/C26H28N4O3.ClH/c1-32-22-6-7-23(25(17-22)33-2)19-9-12-29(26(31)16-19)21-5-8-24-20(15-21)18-27-30(24)14-13-28-10-3-4-11-28;/h5-9,12,15-18H,3-4,10-11,13-14H2,1-2H3;1H. The fraction of sp³-hybridized carbons (Fsp3) is 0.308. The molecule has 0 amide bonds. The van der Waals surface area contributed by atoms with Gasteiger partial charge < -0.3 is 14.4 Å². The molecule has 0 N–H and O–H groups in total. The number of aromatic nitrogens is 3. The molecule has 4 aromatic rings. The number of nitrogens with zero attached hydrogens (tertiary/aromatic N) is 4. The Labute approximate surface area is 204 Å². The van der Waals surface area contributed by atoms with E-state index in [1.807, 2.05) is 42.6 Å². The number of benzene rings is 2. The predicted molar refractivity (Wildman–Crippen MR) is 137 cm³/mol. The van der Waals surface area contributed by atoms with E-state index in [1.54, 1.807) is 31.0 Å². The van der Waals surface area contributed by atoms with Gasteiger partial charge in [-0.1, -0.05) is 0 Å². The van der Waals surface area contributed by atoms with E-state index >= 15 is 0 Å². The van der Waals surface area contributed by atoms with E-state index in [-0.39, 0.29) is 18.0 Å². The van der Waals surface area contributed by atoms with Crippen LogP contribution in [0.1, 0.15) is 12.8 Å². The summed E-state index contributed by atoms with van der Waals surface area (Å²) in [5, 5.41) is 5.61. The molecule has 7 nitrogen and oxygen atoms in total. The Morgan fingerprint density at radius 1 is 0.941 bits per heavy atom. The van der Waals surface area contributed by atoms with Crippen LogP contribution in [-0.2, 0) is 6.54 Å². The highest BCUT2D eigenvalue weighted by atomic mass is 35.5. The van der Waals surface area contributed by atoms with E-state index in [1.165, 1.54) is 25.9 Å². The highest BCUT2D eigenvalue weighted by Crippen LogP contribution is 2.32. The maximum Gasteiger partial charge on any atom is 0.255 e. The lowest BCUT2D eigenvalue weighted by molar-refractivity contribution is 0.318. The molecule has 1 saturated heterocycles. The van der Waals surface area contributed by atoms with Gasteiger partial charge in [-0.2, -0.15) is 5.10 Å². The van der Waals surface area contributed by atoms with Crippen molar-refractivity contribution in [2.24, 2.45) is 0 Å². The molecule has 1 aliphatic heterocycles. The third kappa shape index (κ3) is 4.67. The minimum atomic E-state index is -0.105. The van der Waals surface area contributed by atoms with Crippen LogP contribution in [0.25, 0.3) is 27.7 Å². The molecular weight excluding hydrogens is 452 g/mol. The van der Waals surface area contributed by atoms with Crippen LogP contribution in [0.15, 0.2) is 65.7 Å². The van der Waals surface area contributed by atoms with Crippen molar-refractivity contribution in [3.63, 3.8) is 0 Å². The maximum absolute atomic E-state index is 13.0. The molecule has 5 rings (SSSR count). The van der Waals surface area contributed by atoms with Gasteiger partial charge in [-0.05, 0) is 67.9 Å². The van der Waals surface area contributed by atoms with Crippen LogP contribution in [0.5, 0.6) is 11.5 Å². The number of halogens is 1. The van der Waals surface area contributed by atoms with Crippen molar-refractivity contribution in [2.75, 3.05) is 33.9 Å². The van der Waals surface area contributed by atoms with Gasteiger partial charge in [0, 0.05) is 41.5 Å². The first-order valence-electron chi connectivity index (χ1n) is 11.3. The zero-order valence-corrected chi connectivity index (χ0v) is 20.3. The van der Waals surface area contributed by atoms with Crippen molar-refractivity contribution < 1.29 is 9.47 Å². The maximum atomic E-state index is 13.0. The Morgan fingerprint density at radius 2 is 1.76 bits per heavy atom. The number of ether oxygens (including phenoxy) is 2. The van der Waals surface area contributed by atoms with E-state index < -0.39 is 0 Å². The highest BCUT2D eigenvalue weighted by molar-refractivity contribution is 5.85. The molecule has 0 spiro atoms. The normalized spacial score (nSPS) is 13.7. The summed E-state index contributed by atoms with van der Waals surface area (Å²) in [4.78, 5) is 15.5. The zero-order chi connectivity index (χ0) is 22.8. The van der Waals surface area contributed by atoms with E-state index in [0.29, 0.717) is 11.5 Å². The Bertz CT molecular complexity index is 1340. The van der Waals surface area contributed by atoms with Crippen LogP contribution in [0, 0.1) is 0 Å². The number of rotatable bonds is 7. The minimum Gasteiger partial charge on any atom is -0.497 e. The van der Waals surface area contributed by atoms with E-state index in [4.69, 9.17) is 9.47 Å². The molecule has 2 aromatic heterocycles. The molecule has 1 aliphatic rings. The molecule has 8 heteroatoms. The number of hydrogen-bond acceptors (Lipinski definition) is 5. The first kappa shape index (κ1) is 23.9. The first-order chi connectivity index (χ1) is 16.2. The number of likely N-dealkylation sites (tertiary alicyclic amines) is 1. The predicted octanol–water partition coefficient (Wildman–Crippen LogP) is 4.39. The zero-order valence-electron chi connectivity index (χ0n) is 19.4. The largest absolute Gasteiger partial charge is 0.497 e. The summed E-state index contributed by atoms with van der Waals surface area (Å²) >= 11 is 0. The van der Waals surface area contributed by atoms with Gasteiger partial charge in [-0.15, -0.1) is 12.4 Å². The molecule has 0 aliphatic carbocycles. The van der Waals surface area contributed by atoms with Gasteiger partial charge in [0.15, 0.2) is 0 Å². The number of hydrogen-bond donors (Lipinski definition) is 0. The topological polar surface area (TPSA) is 61.5 Å². The smallest absolute Gasteiger partial charge is 0.255 e. The van der Waals surface area contributed by atoms with Crippen molar-refractivity contribution in [3.8, 4) is 28.3 Å². The molecule has 178 valence electrons. The quantitative estimate of drug-likeness (QED) is 0.392. The monoisotopic (exact) mass is 480 g/mol. The molecule has 0 unspecified atom stereocenters. The van der Waals surface area contributed by atoms with E-state index in [2.05, 4.69) is 20.7 Å². The van der Waals surface area contributed by atoms with Crippen LogP contribution < -0.4 is 15.0 Å². The van der Waals surface area contributed by atoms with Crippen LogP contribution >= 0.6 is 12.4 Å². The van der Waals surface area contributed by atoms with E-state index in [0.717, 1.165) is 40.8 Å². The van der Waals surface area contributed by atoms with Crippen molar-refractivity contribution in [1.82, 2.24) is 19.2 Å². The lowest BCUT2D eigenvalue weighted by Crippen LogP contribution is -2.24. The average Bonchev–Trinajstić information content (AvgIpc) is 3.51. The lowest BCUT2D eigenvalue weighted by Gasteiger charge is -2.14. The van der Waals surface area contributed by atoms with Gasteiger partial charge >= 0.3 is 0 Å². The summed E-state index contributed by atoms with van der Waals surface area (Å²) in [5.41, 5.74) is 3.44. The summed E-state index contributed by atoms with van der Waals surface area (Å²) in [7, 11) is 3.23. The van der Waals surface area contributed by atoms with Gasteiger partial charge in [0.1, 0.15) is 11.5 Å². The SMILES string of the molecule is COc1ccc(-c2ccn(-c3ccc4c(cnn4CCN4CCCC4)c3)c(=O)c2)c(OC)c1.Cl. The van der Waals surface area contributed by atoms with Gasteiger partial charge in [-0.25, -0.2) is 0 Å². The molecule has 3 heterocycles. The Hall–Kier alpha value is -3.29. The summed E-state index contributed by atoms with van der Waals surface area (Å²) < 4.78 is 14.5. The third-order valence-corrected chi connectivity index (χ3v) is 6.37. The molecule has 0 radical (unpaired) electrons. The number of methoxy groups -OCH3 is 2. The second kappa shape index (κ2) is 10.3. The minimum absolute atomic E-state index is 0. The molecule has 2 aromatic carbocycles. The van der Waals surface area contributed by atoms with Crippen LogP contribution in [-0.4, -0.2) is 53.1 Å². The fourth-order valence-electron chi connectivity index (χ4n) is 4.54. The van der Waals surface area contributed by atoms with Crippen LogP contribution in [0.2, 0.25) is 0 Å². The lowest BCUT2D eigenvalue weighted by atomic mass is 10.1. The Morgan fingerprint density at radius 3 is 2.50 bits per heavy atom.